The van der Waals surface area contributed by atoms with Gasteiger partial charge < -0.3 is 9.84 Å². The number of methoxy groups -OCH3 is 1. The smallest absolute Gasteiger partial charge is 0.186 e. The first-order valence-corrected chi connectivity index (χ1v) is 8.29. The molecule has 0 bridgehead atoms. The second kappa shape index (κ2) is 5.23. The maximum Gasteiger partial charge on any atom is 0.186 e. The van der Waals surface area contributed by atoms with E-state index in [1.54, 1.807) is 30.3 Å². The Morgan fingerprint density at radius 2 is 1.91 bits per heavy atom. The van der Waals surface area contributed by atoms with E-state index in [1.807, 2.05) is 0 Å². The van der Waals surface area contributed by atoms with Gasteiger partial charge in [-0.1, -0.05) is 12.1 Å². The topological polar surface area (TPSA) is 80.7 Å². The maximum absolute atomic E-state index is 11.9. The molecule has 2 aromatic rings. The van der Waals surface area contributed by atoms with Gasteiger partial charge in [-0.2, -0.15) is 0 Å². The van der Waals surface area contributed by atoms with Crippen LogP contribution < -0.4 is 4.74 Å². The lowest BCUT2D eigenvalue weighted by molar-refractivity contribution is 0.102. The molecule has 0 unspecified atom stereocenters. The van der Waals surface area contributed by atoms with Crippen LogP contribution in [0.15, 0.2) is 41.3 Å². The van der Waals surface area contributed by atoms with Crippen LogP contribution >= 0.6 is 0 Å². The molecule has 114 valence electrons. The first kappa shape index (κ1) is 14.7. The summed E-state index contributed by atoms with van der Waals surface area (Å²) in [4.78, 5) is 12.0. The summed E-state index contributed by atoms with van der Waals surface area (Å²) < 4.78 is 29.0. The Morgan fingerprint density at radius 3 is 2.59 bits per heavy atom. The lowest BCUT2D eigenvalue weighted by Gasteiger charge is -2.11. The highest BCUT2D eigenvalue weighted by molar-refractivity contribution is 7.92. The molecule has 0 saturated heterocycles. The number of Topliss-reactive ketones (excluding diaryl/α,β-unsaturated/α-hetero) is 1. The summed E-state index contributed by atoms with van der Waals surface area (Å²) in [6, 6.07) is 9.90. The molecule has 22 heavy (non-hydrogen) atoms. The number of hydrogen-bond acceptors (Lipinski definition) is 5. The van der Waals surface area contributed by atoms with Crippen molar-refractivity contribution in [2.75, 3.05) is 12.9 Å². The van der Waals surface area contributed by atoms with E-state index in [4.69, 9.17) is 4.74 Å². The Balaban J connectivity index is 2.19. The van der Waals surface area contributed by atoms with Crippen molar-refractivity contribution in [2.45, 2.75) is 11.5 Å². The van der Waals surface area contributed by atoms with Gasteiger partial charge in [0.25, 0.3) is 0 Å². The standard InChI is InChI=1S/C16H14O5S/c1-21-15-4-2-10(8-17)6-12(15)11-3-5-16-13(7-11)14(18)9-22(16,19)20/h2-7,17H,8-9H2,1H3. The van der Waals surface area contributed by atoms with Crippen LogP contribution in [0.1, 0.15) is 15.9 Å². The number of carbonyl (C=O) groups is 1. The summed E-state index contributed by atoms with van der Waals surface area (Å²) in [6.45, 7) is -0.116. The van der Waals surface area contributed by atoms with Crippen LogP contribution in [0.2, 0.25) is 0 Å². The normalized spacial score (nSPS) is 15.6. The fourth-order valence-corrected chi connectivity index (χ4v) is 4.03. The Labute approximate surface area is 128 Å². The number of carbonyl (C=O) groups excluding carboxylic acids is 1. The average Bonchev–Trinajstić information content (AvgIpc) is 2.75. The summed E-state index contributed by atoms with van der Waals surface area (Å²) in [7, 11) is -1.97. The minimum absolute atomic E-state index is 0.0820. The Hall–Kier alpha value is -2.18. The molecule has 6 heteroatoms. The molecular weight excluding hydrogens is 304 g/mol. The lowest BCUT2D eigenvalue weighted by atomic mass is 9.99. The lowest BCUT2D eigenvalue weighted by Crippen LogP contribution is -2.03. The fourth-order valence-electron chi connectivity index (χ4n) is 2.59. The van der Waals surface area contributed by atoms with Crippen molar-refractivity contribution < 1.29 is 23.1 Å². The number of rotatable bonds is 3. The molecule has 0 spiro atoms. The van der Waals surface area contributed by atoms with Gasteiger partial charge in [0.2, 0.25) is 0 Å². The highest BCUT2D eigenvalue weighted by atomic mass is 32.2. The van der Waals surface area contributed by atoms with E-state index in [1.165, 1.54) is 13.2 Å². The summed E-state index contributed by atoms with van der Waals surface area (Å²) in [5.74, 6) is -0.279. The van der Waals surface area contributed by atoms with Gasteiger partial charge in [-0.25, -0.2) is 8.42 Å². The van der Waals surface area contributed by atoms with Crippen LogP contribution in [-0.4, -0.2) is 32.2 Å². The quantitative estimate of drug-likeness (QED) is 0.934. The number of aliphatic hydroxyl groups excluding tert-OH is 1. The Kier molecular flexibility index (Phi) is 3.50. The van der Waals surface area contributed by atoms with Gasteiger partial charge >= 0.3 is 0 Å². The van der Waals surface area contributed by atoms with Crippen molar-refractivity contribution >= 4 is 15.6 Å². The minimum Gasteiger partial charge on any atom is -0.496 e. The number of ketones is 1. The maximum atomic E-state index is 11.9. The third kappa shape index (κ3) is 2.30. The van der Waals surface area contributed by atoms with E-state index in [-0.39, 0.29) is 17.1 Å². The summed E-state index contributed by atoms with van der Waals surface area (Å²) >= 11 is 0. The number of benzene rings is 2. The zero-order valence-electron chi connectivity index (χ0n) is 11.9. The van der Waals surface area contributed by atoms with Crippen LogP contribution in [0, 0.1) is 0 Å². The van der Waals surface area contributed by atoms with E-state index in [9.17, 15) is 18.3 Å². The molecule has 0 fully saturated rings. The van der Waals surface area contributed by atoms with Crippen molar-refractivity contribution in [2.24, 2.45) is 0 Å². The van der Waals surface area contributed by atoms with Crippen molar-refractivity contribution in [1.82, 2.24) is 0 Å². The largest absolute Gasteiger partial charge is 0.496 e. The van der Waals surface area contributed by atoms with Gasteiger partial charge in [0, 0.05) is 11.1 Å². The fraction of sp³-hybridized carbons (Fsp3) is 0.188. The highest BCUT2D eigenvalue weighted by Crippen LogP contribution is 2.35. The first-order valence-electron chi connectivity index (χ1n) is 6.64. The number of hydrogen-bond donors (Lipinski definition) is 1. The van der Waals surface area contributed by atoms with E-state index >= 15 is 0 Å². The molecule has 2 aromatic carbocycles. The molecule has 1 aliphatic heterocycles. The third-order valence-electron chi connectivity index (χ3n) is 3.69. The van der Waals surface area contributed by atoms with Crippen LogP contribution in [0.4, 0.5) is 0 Å². The van der Waals surface area contributed by atoms with E-state index in [2.05, 4.69) is 0 Å². The molecule has 0 aromatic heterocycles. The highest BCUT2D eigenvalue weighted by Gasteiger charge is 2.33. The minimum atomic E-state index is -3.50. The van der Waals surface area contributed by atoms with Gasteiger partial charge in [0.05, 0.1) is 18.6 Å². The predicted octanol–water partition coefficient (Wildman–Crippen LogP) is 1.82. The molecule has 1 N–H and O–H groups in total. The van der Waals surface area contributed by atoms with Crippen LogP contribution in [0.25, 0.3) is 11.1 Å². The van der Waals surface area contributed by atoms with Gasteiger partial charge in [0.15, 0.2) is 15.6 Å². The van der Waals surface area contributed by atoms with Crippen LogP contribution in [-0.2, 0) is 16.4 Å². The van der Waals surface area contributed by atoms with Crippen LogP contribution in [0.3, 0.4) is 0 Å². The average molecular weight is 318 g/mol. The number of fused-ring (bicyclic) bond motifs is 1. The molecular formula is C16H14O5S. The SMILES string of the molecule is COc1ccc(CO)cc1-c1ccc2c(c1)C(=O)CS2(=O)=O. The van der Waals surface area contributed by atoms with E-state index in [0.29, 0.717) is 22.4 Å². The van der Waals surface area contributed by atoms with Gasteiger partial charge in [-0.3, -0.25) is 4.79 Å². The molecule has 0 amide bonds. The van der Waals surface area contributed by atoms with Gasteiger partial charge in [-0.05, 0) is 35.4 Å². The molecule has 0 saturated carbocycles. The van der Waals surface area contributed by atoms with Crippen molar-refractivity contribution in [3.05, 3.63) is 47.5 Å². The van der Waals surface area contributed by atoms with Crippen LogP contribution in [0.5, 0.6) is 5.75 Å². The molecule has 1 aliphatic rings. The zero-order valence-corrected chi connectivity index (χ0v) is 12.7. The molecule has 5 nitrogen and oxygen atoms in total. The second-order valence-corrected chi connectivity index (χ2v) is 7.04. The molecule has 0 atom stereocenters. The van der Waals surface area contributed by atoms with Crippen molar-refractivity contribution in [1.29, 1.82) is 0 Å². The number of sulfone groups is 1. The first-order chi connectivity index (χ1) is 10.5. The predicted molar refractivity (Wildman–Crippen MR) is 80.7 cm³/mol. The number of aliphatic hydroxyl groups is 1. The molecule has 0 aliphatic carbocycles. The third-order valence-corrected chi connectivity index (χ3v) is 5.36. The molecule has 1 heterocycles. The van der Waals surface area contributed by atoms with E-state index in [0.717, 1.165) is 0 Å². The summed E-state index contributed by atoms with van der Waals surface area (Å²) in [6.07, 6.45) is 0. The summed E-state index contributed by atoms with van der Waals surface area (Å²) in [5, 5.41) is 9.26. The van der Waals surface area contributed by atoms with Crippen molar-refractivity contribution in [3.63, 3.8) is 0 Å². The Bertz CT molecular complexity index is 868. The Morgan fingerprint density at radius 1 is 1.14 bits per heavy atom. The van der Waals surface area contributed by atoms with Crippen molar-refractivity contribution in [3.8, 4) is 16.9 Å². The molecule has 0 radical (unpaired) electrons. The van der Waals surface area contributed by atoms with E-state index < -0.39 is 21.4 Å². The summed E-state index contributed by atoms with van der Waals surface area (Å²) in [5.41, 5.74) is 2.30. The zero-order chi connectivity index (χ0) is 15.9. The second-order valence-electron chi connectivity index (χ2n) is 5.09. The van der Waals surface area contributed by atoms with Gasteiger partial charge in [-0.15, -0.1) is 0 Å². The monoisotopic (exact) mass is 318 g/mol. The molecule has 3 rings (SSSR count). The van der Waals surface area contributed by atoms with Gasteiger partial charge in [0.1, 0.15) is 11.5 Å². The number of ether oxygens (including phenoxy) is 1.